The molecule has 108 valence electrons. The number of thiophene rings is 1. The van der Waals surface area contributed by atoms with Crippen LogP contribution in [0.4, 0.5) is 0 Å². The van der Waals surface area contributed by atoms with Crippen LogP contribution in [0.15, 0.2) is 11.4 Å². The van der Waals surface area contributed by atoms with Crippen molar-refractivity contribution < 1.29 is 9.90 Å². The van der Waals surface area contributed by atoms with Crippen LogP contribution in [0.5, 0.6) is 0 Å². The molecular weight excluding hydrogens is 270 g/mol. The van der Waals surface area contributed by atoms with Crippen molar-refractivity contribution in [3.05, 3.63) is 21.9 Å². The highest BCUT2D eigenvalue weighted by atomic mass is 32.1. The molecule has 1 saturated carbocycles. The minimum absolute atomic E-state index is 0.0596. The zero-order valence-electron chi connectivity index (χ0n) is 11.9. The van der Waals surface area contributed by atoms with Crippen molar-refractivity contribution in [2.75, 3.05) is 19.7 Å². The number of carbonyl (C=O) groups excluding carboxylic acids is 1. The maximum atomic E-state index is 12.6. The first kappa shape index (κ1) is 15.1. The first-order valence-electron chi connectivity index (χ1n) is 7.22. The summed E-state index contributed by atoms with van der Waals surface area (Å²) in [5, 5.41) is 10.7. The van der Waals surface area contributed by atoms with Gasteiger partial charge in [-0.05, 0) is 36.6 Å². The van der Waals surface area contributed by atoms with Gasteiger partial charge in [0, 0.05) is 25.1 Å². The first-order chi connectivity index (χ1) is 9.76. The molecule has 1 fully saturated rings. The Hall–Kier alpha value is -1.31. The fourth-order valence-corrected chi connectivity index (χ4v) is 2.90. The van der Waals surface area contributed by atoms with E-state index in [0.717, 1.165) is 30.0 Å². The predicted molar refractivity (Wildman–Crippen MR) is 81.8 cm³/mol. The SMILES string of the molecule is CCCN(CC1CC1)C(=O)c1sccc1C#CCCO. The van der Waals surface area contributed by atoms with E-state index in [-0.39, 0.29) is 12.5 Å². The summed E-state index contributed by atoms with van der Waals surface area (Å²) in [5.74, 6) is 6.70. The summed E-state index contributed by atoms with van der Waals surface area (Å²) >= 11 is 1.46. The van der Waals surface area contributed by atoms with E-state index in [4.69, 9.17) is 5.11 Å². The average Bonchev–Trinajstić information content (AvgIpc) is 3.14. The number of carbonyl (C=O) groups is 1. The highest BCUT2D eigenvalue weighted by molar-refractivity contribution is 7.12. The van der Waals surface area contributed by atoms with E-state index >= 15 is 0 Å². The molecule has 1 aromatic heterocycles. The van der Waals surface area contributed by atoms with Crippen molar-refractivity contribution in [3.8, 4) is 11.8 Å². The molecular formula is C16H21NO2S. The Morgan fingerprint density at radius 2 is 2.35 bits per heavy atom. The lowest BCUT2D eigenvalue weighted by molar-refractivity contribution is 0.0752. The summed E-state index contributed by atoms with van der Waals surface area (Å²) in [5.41, 5.74) is 0.797. The molecule has 0 radical (unpaired) electrons. The van der Waals surface area contributed by atoms with Crippen molar-refractivity contribution >= 4 is 17.2 Å². The predicted octanol–water partition coefficient (Wildman–Crippen LogP) is 2.74. The van der Waals surface area contributed by atoms with E-state index in [1.54, 1.807) is 0 Å². The number of nitrogens with zero attached hydrogens (tertiary/aromatic N) is 1. The zero-order valence-corrected chi connectivity index (χ0v) is 12.7. The molecule has 0 aliphatic heterocycles. The molecule has 0 atom stereocenters. The van der Waals surface area contributed by atoms with Crippen molar-refractivity contribution in [2.45, 2.75) is 32.6 Å². The molecule has 3 nitrogen and oxygen atoms in total. The lowest BCUT2D eigenvalue weighted by Gasteiger charge is -2.21. The largest absolute Gasteiger partial charge is 0.395 e. The molecule has 0 bridgehead atoms. The maximum absolute atomic E-state index is 12.6. The molecule has 1 aromatic rings. The Morgan fingerprint density at radius 1 is 1.55 bits per heavy atom. The number of hydrogen-bond acceptors (Lipinski definition) is 3. The Bertz CT molecular complexity index is 508. The molecule has 1 amide bonds. The summed E-state index contributed by atoms with van der Waals surface area (Å²) < 4.78 is 0. The van der Waals surface area contributed by atoms with Crippen molar-refractivity contribution in [1.29, 1.82) is 0 Å². The van der Waals surface area contributed by atoms with Crippen LogP contribution in [0.1, 0.15) is 47.8 Å². The van der Waals surface area contributed by atoms with Gasteiger partial charge in [0.25, 0.3) is 5.91 Å². The molecule has 0 saturated heterocycles. The number of amides is 1. The van der Waals surface area contributed by atoms with Gasteiger partial charge in [-0.25, -0.2) is 0 Å². The molecule has 1 aliphatic rings. The topological polar surface area (TPSA) is 40.5 Å². The van der Waals surface area contributed by atoms with Gasteiger partial charge >= 0.3 is 0 Å². The Balaban J connectivity index is 2.10. The van der Waals surface area contributed by atoms with Crippen LogP contribution in [0.25, 0.3) is 0 Å². The molecule has 4 heteroatoms. The lowest BCUT2D eigenvalue weighted by Crippen LogP contribution is -2.33. The van der Waals surface area contributed by atoms with E-state index in [2.05, 4.69) is 18.8 Å². The molecule has 1 aliphatic carbocycles. The first-order valence-corrected chi connectivity index (χ1v) is 8.10. The van der Waals surface area contributed by atoms with Gasteiger partial charge in [0.05, 0.1) is 6.61 Å². The van der Waals surface area contributed by atoms with Crippen molar-refractivity contribution in [1.82, 2.24) is 4.90 Å². The molecule has 0 spiro atoms. The quantitative estimate of drug-likeness (QED) is 0.819. The molecule has 0 unspecified atom stereocenters. The second-order valence-electron chi connectivity index (χ2n) is 5.13. The third-order valence-electron chi connectivity index (χ3n) is 3.28. The molecule has 2 rings (SSSR count). The third-order valence-corrected chi connectivity index (χ3v) is 4.18. The Kier molecular flexibility index (Phi) is 5.63. The fourth-order valence-electron chi connectivity index (χ4n) is 2.09. The van der Waals surface area contributed by atoms with Crippen LogP contribution in [0.3, 0.4) is 0 Å². The molecule has 20 heavy (non-hydrogen) atoms. The second-order valence-corrected chi connectivity index (χ2v) is 6.05. The van der Waals surface area contributed by atoms with E-state index in [1.807, 2.05) is 16.3 Å². The lowest BCUT2D eigenvalue weighted by atomic mass is 10.2. The second kappa shape index (κ2) is 7.47. The van der Waals surface area contributed by atoms with E-state index in [9.17, 15) is 4.79 Å². The fraction of sp³-hybridized carbons (Fsp3) is 0.562. The zero-order chi connectivity index (χ0) is 14.4. The number of hydrogen-bond donors (Lipinski definition) is 1. The van der Waals surface area contributed by atoms with Crippen molar-refractivity contribution in [2.24, 2.45) is 5.92 Å². The summed E-state index contributed by atoms with van der Waals surface area (Å²) in [7, 11) is 0. The van der Waals surface area contributed by atoms with Gasteiger partial charge in [0.15, 0.2) is 0 Å². The van der Waals surface area contributed by atoms with Crippen LogP contribution in [-0.2, 0) is 0 Å². The average molecular weight is 291 g/mol. The number of aliphatic hydroxyl groups is 1. The van der Waals surface area contributed by atoms with Crippen LogP contribution in [-0.4, -0.2) is 35.6 Å². The standard InChI is InChI=1S/C16H21NO2S/c1-2-9-17(12-13-6-7-13)16(19)15-14(8-11-20-15)5-3-4-10-18/h8,11,13,18H,2,4,6-7,9-10,12H2,1H3. The Morgan fingerprint density at radius 3 is 3.00 bits per heavy atom. The van der Waals surface area contributed by atoms with Gasteiger partial charge < -0.3 is 10.0 Å². The summed E-state index contributed by atoms with van der Waals surface area (Å²) in [6, 6.07) is 1.89. The maximum Gasteiger partial charge on any atom is 0.265 e. The van der Waals surface area contributed by atoms with E-state index < -0.39 is 0 Å². The smallest absolute Gasteiger partial charge is 0.265 e. The molecule has 1 heterocycles. The van der Waals surface area contributed by atoms with Gasteiger partial charge in [-0.2, -0.15) is 0 Å². The summed E-state index contributed by atoms with van der Waals surface area (Å²) in [6.45, 7) is 3.86. The van der Waals surface area contributed by atoms with Crippen LogP contribution >= 0.6 is 11.3 Å². The van der Waals surface area contributed by atoms with E-state index in [0.29, 0.717) is 12.3 Å². The minimum Gasteiger partial charge on any atom is -0.395 e. The van der Waals surface area contributed by atoms with Gasteiger partial charge in [0.1, 0.15) is 4.88 Å². The van der Waals surface area contributed by atoms with Gasteiger partial charge in [-0.1, -0.05) is 18.8 Å². The van der Waals surface area contributed by atoms with E-state index in [1.165, 1.54) is 24.2 Å². The van der Waals surface area contributed by atoms with Crippen LogP contribution in [0.2, 0.25) is 0 Å². The molecule has 0 aromatic carbocycles. The Labute approximate surface area is 124 Å². The van der Waals surface area contributed by atoms with Gasteiger partial charge in [0.2, 0.25) is 0 Å². The van der Waals surface area contributed by atoms with Gasteiger partial charge in [-0.3, -0.25) is 4.79 Å². The van der Waals surface area contributed by atoms with Crippen molar-refractivity contribution in [3.63, 3.8) is 0 Å². The van der Waals surface area contributed by atoms with Crippen LogP contribution < -0.4 is 0 Å². The monoisotopic (exact) mass is 291 g/mol. The number of aliphatic hydroxyl groups excluding tert-OH is 1. The summed E-state index contributed by atoms with van der Waals surface area (Å²) in [6.07, 6.45) is 3.93. The third kappa shape index (κ3) is 4.09. The minimum atomic E-state index is 0.0596. The van der Waals surface area contributed by atoms with Crippen LogP contribution in [0, 0.1) is 17.8 Å². The van der Waals surface area contributed by atoms with Gasteiger partial charge in [-0.15, -0.1) is 11.3 Å². The highest BCUT2D eigenvalue weighted by Gasteiger charge is 2.28. The summed E-state index contributed by atoms with van der Waals surface area (Å²) in [4.78, 5) is 15.3. The molecule has 1 N–H and O–H groups in total. The normalized spacial score (nSPS) is 13.7. The highest BCUT2D eigenvalue weighted by Crippen LogP contribution is 2.30. The number of rotatable bonds is 6.